The minimum Gasteiger partial charge on any atom is -0.465 e. The van der Waals surface area contributed by atoms with Crippen molar-refractivity contribution in [2.24, 2.45) is 5.92 Å². The largest absolute Gasteiger partial charge is 0.465 e. The van der Waals surface area contributed by atoms with Gasteiger partial charge in [0.25, 0.3) is 0 Å². The molecule has 7 heteroatoms. The molecular formula is C25H31N3O3S. The van der Waals surface area contributed by atoms with E-state index in [1.165, 1.54) is 43.4 Å². The summed E-state index contributed by atoms with van der Waals surface area (Å²) in [7, 11) is 0. The number of nitrogens with zero attached hydrogens (tertiary/aromatic N) is 2. The number of nitrogens with one attached hydrogen (secondary N) is 1. The van der Waals surface area contributed by atoms with Gasteiger partial charge in [-0.1, -0.05) is 61.5 Å². The molecule has 170 valence electrons. The van der Waals surface area contributed by atoms with Gasteiger partial charge < -0.3 is 14.9 Å². The van der Waals surface area contributed by atoms with E-state index in [0.717, 1.165) is 16.4 Å². The zero-order valence-corrected chi connectivity index (χ0v) is 19.3. The third kappa shape index (κ3) is 5.78. The number of carbonyl (C=O) groups is 1. The summed E-state index contributed by atoms with van der Waals surface area (Å²) in [6.07, 6.45) is 6.91. The molecule has 0 unspecified atom stereocenters. The molecule has 3 aromatic rings. The molecule has 2 aromatic heterocycles. The van der Waals surface area contributed by atoms with Crippen LogP contribution in [-0.4, -0.2) is 22.4 Å². The van der Waals surface area contributed by atoms with Crippen LogP contribution in [0.5, 0.6) is 0 Å². The lowest BCUT2D eigenvalue weighted by molar-refractivity contribution is 0.201. The summed E-state index contributed by atoms with van der Waals surface area (Å²) in [5, 5.41) is 19.6. The number of hydrogen-bond donors (Lipinski definition) is 2. The summed E-state index contributed by atoms with van der Waals surface area (Å²) in [4.78, 5) is 14.5. The standard InChI is InChI=1S/C25H31N3O3S/c1-18(14-19-8-3-2-4-9-19)26-16-20-10-5-6-11-22(20)28(25(29)30)17-21-15-23(31-27-21)24-12-7-13-32-24/h5-7,10-13,15,18-19,26H,2-4,8-9,14,16-17H2,1H3,(H,29,30)/t18-/m0/s1. The average Bonchev–Trinajstić information content (AvgIpc) is 3.49. The first-order valence-electron chi connectivity index (χ1n) is 11.4. The van der Waals surface area contributed by atoms with Gasteiger partial charge in [-0.2, -0.15) is 0 Å². The number of carboxylic acid groups (broad SMARTS) is 1. The van der Waals surface area contributed by atoms with Gasteiger partial charge in [-0.05, 0) is 42.3 Å². The minimum atomic E-state index is -1.01. The lowest BCUT2D eigenvalue weighted by atomic mass is 9.85. The molecule has 0 radical (unpaired) electrons. The van der Waals surface area contributed by atoms with Crippen LogP contribution in [0.3, 0.4) is 0 Å². The monoisotopic (exact) mass is 453 g/mol. The fourth-order valence-corrected chi connectivity index (χ4v) is 5.23. The second kappa shape index (κ2) is 10.8. The molecule has 2 heterocycles. The fraction of sp³-hybridized carbons (Fsp3) is 0.440. The summed E-state index contributed by atoms with van der Waals surface area (Å²) in [5.41, 5.74) is 2.23. The molecule has 1 aliphatic rings. The number of para-hydroxylation sites is 1. The normalized spacial score (nSPS) is 15.5. The second-order valence-electron chi connectivity index (χ2n) is 8.68. The van der Waals surface area contributed by atoms with Gasteiger partial charge in [-0.25, -0.2) is 4.79 Å². The quantitative estimate of drug-likeness (QED) is 0.385. The summed E-state index contributed by atoms with van der Waals surface area (Å²) < 4.78 is 5.44. The molecule has 1 amide bonds. The molecule has 1 saturated carbocycles. The van der Waals surface area contributed by atoms with E-state index in [2.05, 4.69) is 17.4 Å². The van der Waals surface area contributed by atoms with Crippen molar-refractivity contribution in [2.45, 2.75) is 64.6 Å². The molecule has 6 nitrogen and oxygen atoms in total. The Kier molecular flexibility index (Phi) is 7.60. The molecule has 1 aliphatic carbocycles. The van der Waals surface area contributed by atoms with Gasteiger partial charge >= 0.3 is 6.09 Å². The molecule has 0 bridgehead atoms. The van der Waals surface area contributed by atoms with E-state index in [-0.39, 0.29) is 6.54 Å². The predicted molar refractivity (Wildman–Crippen MR) is 128 cm³/mol. The van der Waals surface area contributed by atoms with Crippen LogP contribution in [-0.2, 0) is 13.1 Å². The maximum absolute atomic E-state index is 12.1. The van der Waals surface area contributed by atoms with Gasteiger partial charge in [0, 0.05) is 18.7 Å². The van der Waals surface area contributed by atoms with Crippen molar-refractivity contribution < 1.29 is 14.4 Å². The average molecular weight is 454 g/mol. The zero-order valence-electron chi connectivity index (χ0n) is 18.5. The molecule has 2 N–H and O–H groups in total. The number of thiophene rings is 1. The predicted octanol–water partition coefficient (Wildman–Crippen LogP) is 6.54. The third-order valence-corrected chi connectivity index (χ3v) is 7.09. The van der Waals surface area contributed by atoms with Gasteiger partial charge in [0.2, 0.25) is 0 Å². The van der Waals surface area contributed by atoms with E-state index in [9.17, 15) is 9.90 Å². The Morgan fingerprint density at radius 3 is 2.81 bits per heavy atom. The van der Waals surface area contributed by atoms with Gasteiger partial charge in [-0.3, -0.25) is 4.90 Å². The topological polar surface area (TPSA) is 78.6 Å². The van der Waals surface area contributed by atoms with Crippen molar-refractivity contribution in [1.29, 1.82) is 0 Å². The summed E-state index contributed by atoms with van der Waals surface area (Å²) in [5.74, 6) is 1.47. The van der Waals surface area contributed by atoms with Crippen LogP contribution in [0.25, 0.3) is 10.6 Å². The van der Waals surface area contributed by atoms with Crippen molar-refractivity contribution in [3.05, 3.63) is 59.1 Å². The zero-order chi connectivity index (χ0) is 22.3. The van der Waals surface area contributed by atoms with Crippen LogP contribution in [0.4, 0.5) is 10.5 Å². The Balaban J connectivity index is 1.43. The first-order valence-corrected chi connectivity index (χ1v) is 12.3. The van der Waals surface area contributed by atoms with Gasteiger partial charge in [-0.15, -0.1) is 11.3 Å². The molecule has 0 aliphatic heterocycles. The number of benzene rings is 1. The summed E-state index contributed by atoms with van der Waals surface area (Å²) >= 11 is 1.56. The second-order valence-corrected chi connectivity index (χ2v) is 9.63. The van der Waals surface area contributed by atoms with E-state index in [4.69, 9.17) is 4.52 Å². The Hall–Kier alpha value is -2.64. The van der Waals surface area contributed by atoms with Crippen molar-refractivity contribution in [1.82, 2.24) is 10.5 Å². The van der Waals surface area contributed by atoms with E-state index in [1.807, 2.05) is 47.8 Å². The van der Waals surface area contributed by atoms with Crippen LogP contribution in [0.1, 0.15) is 56.7 Å². The maximum Gasteiger partial charge on any atom is 0.412 e. The Morgan fingerprint density at radius 2 is 2.06 bits per heavy atom. The van der Waals surface area contributed by atoms with E-state index < -0.39 is 6.09 Å². The SMILES string of the molecule is C[C@@H](CC1CCCCC1)NCc1ccccc1N(Cc1cc(-c2cccs2)on1)C(=O)O. The van der Waals surface area contributed by atoms with Crippen LogP contribution < -0.4 is 10.2 Å². The van der Waals surface area contributed by atoms with Crippen LogP contribution in [0.2, 0.25) is 0 Å². The highest BCUT2D eigenvalue weighted by molar-refractivity contribution is 7.13. The lowest BCUT2D eigenvalue weighted by Crippen LogP contribution is -2.32. The van der Waals surface area contributed by atoms with E-state index >= 15 is 0 Å². The van der Waals surface area contributed by atoms with Gasteiger partial charge in [0.15, 0.2) is 5.76 Å². The van der Waals surface area contributed by atoms with Crippen molar-refractivity contribution in [2.75, 3.05) is 4.90 Å². The first kappa shape index (κ1) is 22.6. The van der Waals surface area contributed by atoms with E-state index in [0.29, 0.717) is 29.7 Å². The summed E-state index contributed by atoms with van der Waals surface area (Å²) in [6, 6.07) is 13.8. The van der Waals surface area contributed by atoms with Crippen LogP contribution in [0, 0.1) is 5.92 Å². The number of amides is 1. The van der Waals surface area contributed by atoms with Crippen molar-refractivity contribution in [3.8, 4) is 10.6 Å². The van der Waals surface area contributed by atoms with Crippen LogP contribution >= 0.6 is 11.3 Å². The Labute approximate surface area is 193 Å². The highest BCUT2D eigenvalue weighted by Gasteiger charge is 2.21. The third-order valence-electron chi connectivity index (χ3n) is 6.21. The number of hydrogen-bond acceptors (Lipinski definition) is 5. The molecule has 32 heavy (non-hydrogen) atoms. The number of anilines is 1. The van der Waals surface area contributed by atoms with Crippen LogP contribution in [0.15, 0.2) is 52.4 Å². The minimum absolute atomic E-state index is 0.138. The molecule has 0 saturated heterocycles. The molecule has 1 fully saturated rings. The van der Waals surface area contributed by atoms with Gasteiger partial charge in [0.05, 0.1) is 17.1 Å². The Bertz CT molecular complexity index is 996. The van der Waals surface area contributed by atoms with Gasteiger partial charge in [0.1, 0.15) is 5.69 Å². The van der Waals surface area contributed by atoms with Crippen molar-refractivity contribution in [3.63, 3.8) is 0 Å². The highest BCUT2D eigenvalue weighted by atomic mass is 32.1. The molecule has 1 aromatic carbocycles. The molecular weight excluding hydrogens is 422 g/mol. The Morgan fingerprint density at radius 1 is 1.25 bits per heavy atom. The van der Waals surface area contributed by atoms with Crippen molar-refractivity contribution >= 4 is 23.1 Å². The number of rotatable bonds is 9. The summed E-state index contributed by atoms with van der Waals surface area (Å²) in [6.45, 7) is 3.00. The fourth-order valence-electron chi connectivity index (χ4n) is 4.55. The number of aromatic nitrogens is 1. The maximum atomic E-state index is 12.1. The van der Waals surface area contributed by atoms with E-state index in [1.54, 1.807) is 11.3 Å². The lowest BCUT2D eigenvalue weighted by Gasteiger charge is -2.26. The molecule has 0 spiro atoms. The molecule has 1 atom stereocenters. The first-order chi connectivity index (χ1) is 15.6. The highest BCUT2D eigenvalue weighted by Crippen LogP contribution is 2.29. The molecule has 4 rings (SSSR count). The smallest absolute Gasteiger partial charge is 0.412 e.